The summed E-state index contributed by atoms with van der Waals surface area (Å²) in [7, 11) is 0. The van der Waals surface area contributed by atoms with Crippen molar-refractivity contribution in [3.63, 3.8) is 0 Å². The van der Waals surface area contributed by atoms with Gasteiger partial charge in [-0.05, 0) is 62.8 Å². The van der Waals surface area contributed by atoms with Crippen molar-refractivity contribution in [1.29, 1.82) is 5.26 Å². The monoisotopic (exact) mass is 470 g/mol. The van der Waals surface area contributed by atoms with Crippen LogP contribution in [0.4, 0.5) is 10.9 Å². The molecule has 1 amide bonds. The van der Waals surface area contributed by atoms with Crippen LogP contribution in [-0.4, -0.2) is 39.5 Å². The van der Waals surface area contributed by atoms with Crippen LogP contribution < -0.4 is 10.2 Å². The summed E-state index contributed by atoms with van der Waals surface area (Å²) >= 11 is 3.20. The van der Waals surface area contributed by atoms with Crippen molar-refractivity contribution in [3.8, 4) is 6.07 Å². The van der Waals surface area contributed by atoms with Gasteiger partial charge in [0.25, 0.3) is 0 Å². The number of hydrogen-bond acceptors (Lipinski definition) is 7. The Morgan fingerprint density at radius 3 is 2.75 bits per heavy atom. The van der Waals surface area contributed by atoms with Crippen LogP contribution in [0, 0.1) is 17.2 Å². The normalized spacial score (nSPS) is 18.9. The Bertz CT molecular complexity index is 1030. The molecule has 1 N–H and O–H groups in total. The van der Waals surface area contributed by atoms with E-state index in [0.29, 0.717) is 23.8 Å². The number of fused-ring (bicyclic) bond motifs is 1. The number of amides is 1. The first-order valence-electron chi connectivity index (χ1n) is 11.8. The highest BCUT2D eigenvalue weighted by Gasteiger charge is 2.32. The molecule has 32 heavy (non-hydrogen) atoms. The van der Waals surface area contributed by atoms with Crippen LogP contribution in [0.2, 0.25) is 0 Å². The number of carbonyl (C=O) groups excluding carboxylic acids is 1. The molecule has 0 spiro atoms. The van der Waals surface area contributed by atoms with E-state index in [1.165, 1.54) is 37.0 Å². The van der Waals surface area contributed by atoms with Crippen molar-refractivity contribution in [2.45, 2.75) is 75.9 Å². The average Bonchev–Trinajstić information content (AvgIpc) is 3.45. The maximum atomic E-state index is 12.6. The minimum absolute atomic E-state index is 0.0321. The molecule has 0 radical (unpaired) electrons. The van der Waals surface area contributed by atoms with E-state index >= 15 is 0 Å². The van der Waals surface area contributed by atoms with E-state index < -0.39 is 0 Å². The number of carbonyl (C=O) groups is 1. The summed E-state index contributed by atoms with van der Waals surface area (Å²) in [5.74, 6) is 2.41. The van der Waals surface area contributed by atoms with Gasteiger partial charge in [-0.15, -0.1) is 21.5 Å². The zero-order valence-electron chi connectivity index (χ0n) is 18.6. The van der Waals surface area contributed by atoms with Crippen molar-refractivity contribution in [2.24, 2.45) is 5.92 Å². The van der Waals surface area contributed by atoms with Gasteiger partial charge in [0.1, 0.15) is 11.1 Å². The number of nitrogens with one attached hydrogen (secondary N) is 1. The molecule has 1 saturated carbocycles. The fraction of sp³-hybridized carbons (Fsp3) is 0.652. The number of anilines is 2. The number of aryl methyl sites for hydroxylation is 1. The Kier molecular flexibility index (Phi) is 6.42. The minimum atomic E-state index is -0.0321. The molecule has 3 heterocycles. The third-order valence-corrected chi connectivity index (χ3v) is 8.87. The number of rotatable bonds is 7. The van der Waals surface area contributed by atoms with E-state index in [0.717, 1.165) is 59.9 Å². The van der Waals surface area contributed by atoms with Crippen LogP contribution in [0.25, 0.3) is 0 Å². The molecule has 170 valence electrons. The van der Waals surface area contributed by atoms with Gasteiger partial charge in [-0.25, -0.2) is 0 Å². The molecular formula is C23H30N6OS2. The van der Waals surface area contributed by atoms with Gasteiger partial charge in [-0.3, -0.25) is 9.36 Å². The molecule has 2 aromatic heterocycles. The zero-order valence-corrected chi connectivity index (χ0v) is 20.2. The van der Waals surface area contributed by atoms with Crippen molar-refractivity contribution in [2.75, 3.05) is 29.1 Å². The third kappa shape index (κ3) is 4.53. The van der Waals surface area contributed by atoms with Gasteiger partial charge in [0.05, 0.1) is 5.56 Å². The molecule has 2 aromatic rings. The van der Waals surface area contributed by atoms with E-state index in [-0.39, 0.29) is 5.91 Å². The molecule has 1 saturated heterocycles. The number of thioether (sulfide) groups is 1. The first kappa shape index (κ1) is 21.8. The van der Waals surface area contributed by atoms with Gasteiger partial charge in [0, 0.05) is 36.2 Å². The molecule has 7 nitrogen and oxygen atoms in total. The van der Waals surface area contributed by atoms with Crippen LogP contribution in [0.15, 0.2) is 5.16 Å². The van der Waals surface area contributed by atoms with E-state index in [9.17, 15) is 10.1 Å². The van der Waals surface area contributed by atoms with Gasteiger partial charge in [0.15, 0.2) is 5.16 Å². The Labute approximate surface area is 197 Å². The predicted octanol–water partition coefficient (Wildman–Crippen LogP) is 4.78. The van der Waals surface area contributed by atoms with E-state index in [1.807, 2.05) is 0 Å². The van der Waals surface area contributed by atoms with Crippen LogP contribution in [0.1, 0.15) is 73.9 Å². The first-order valence-corrected chi connectivity index (χ1v) is 13.6. The van der Waals surface area contributed by atoms with Crippen LogP contribution in [0.3, 0.4) is 0 Å². The topological polar surface area (TPSA) is 86.8 Å². The molecule has 0 bridgehead atoms. The highest BCUT2D eigenvalue weighted by molar-refractivity contribution is 7.99. The van der Waals surface area contributed by atoms with E-state index in [4.69, 9.17) is 0 Å². The number of hydrogen-bond donors (Lipinski definition) is 1. The third-order valence-electron chi connectivity index (χ3n) is 6.72. The fourth-order valence-electron chi connectivity index (χ4n) is 4.64. The van der Waals surface area contributed by atoms with Crippen molar-refractivity contribution < 1.29 is 4.79 Å². The Morgan fingerprint density at radius 2 is 2.00 bits per heavy atom. The van der Waals surface area contributed by atoms with E-state index in [1.54, 1.807) is 23.1 Å². The number of piperidine rings is 1. The second kappa shape index (κ2) is 9.44. The average molecular weight is 471 g/mol. The van der Waals surface area contributed by atoms with Crippen LogP contribution in [0.5, 0.6) is 0 Å². The number of nitriles is 1. The summed E-state index contributed by atoms with van der Waals surface area (Å²) in [6.45, 7) is 4.41. The Balaban J connectivity index is 1.20. The lowest BCUT2D eigenvalue weighted by atomic mass is 9.96. The summed E-state index contributed by atoms with van der Waals surface area (Å²) in [5.41, 5.74) is 1.84. The summed E-state index contributed by atoms with van der Waals surface area (Å²) < 4.78 is 2.31. The number of thiophene rings is 1. The van der Waals surface area contributed by atoms with Gasteiger partial charge in [-0.2, -0.15) is 5.26 Å². The SMILES string of the molecule is CC1CCN(c2nnc(SCCC(=O)Nc3sc4c(c3C#N)CCCC4)n2C2CC2)CC1. The molecule has 5 rings (SSSR count). The lowest BCUT2D eigenvalue weighted by molar-refractivity contribution is -0.115. The predicted molar refractivity (Wildman–Crippen MR) is 129 cm³/mol. The van der Waals surface area contributed by atoms with Crippen LogP contribution in [-0.2, 0) is 17.6 Å². The molecule has 2 aliphatic carbocycles. The lowest BCUT2D eigenvalue weighted by Crippen LogP contribution is -2.34. The lowest BCUT2D eigenvalue weighted by Gasteiger charge is -2.31. The van der Waals surface area contributed by atoms with Crippen molar-refractivity contribution in [1.82, 2.24) is 14.8 Å². The van der Waals surface area contributed by atoms with Gasteiger partial charge in [0.2, 0.25) is 11.9 Å². The maximum absolute atomic E-state index is 12.6. The number of nitrogens with zero attached hydrogens (tertiary/aromatic N) is 5. The molecule has 0 atom stereocenters. The molecule has 0 unspecified atom stereocenters. The standard InChI is InChI=1S/C23H30N6OS2/c1-15-8-11-28(12-9-15)22-26-27-23(29(22)16-6-7-16)31-13-10-20(30)25-21-18(14-24)17-4-2-3-5-19(17)32-21/h15-16H,2-13H2,1H3,(H,25,30). The second-order valence-corrected chi connectivity index (χ2v) is 11.4. The Morgan fingerprint density at radius 1 is 1.22 bits per heavy atom. The van der Waals surface area contributed by atoms with Crippen molar-refractivity contribution >= 4 is 40.0 Å². The van der Waals surface area contributed by atoms with Gasteiger partial charge in [-0.1, -0.05) is 18.7 Å². The highest BCUT2D eigenvalue weighted by atomic mass is 32.2. The van der Waals surface area contributed by atoms with Gasteiger partial charge < -0.3 is 10.2 Å². The molecule has 0 aromatic carbocycles. The summed E-state index contributed by atoms with van der Waals surface area (Å²) in [5, 5.41) is 23.3. The maximum Gasteiger partial charge on any atom is 0.228 e. The summed E-state index contributed by atoms with van der Waals surface area (Å²) in [4.78, 5) is 16.3. The minimum Gasteiger partial charge on any atom is -0.341 e. The van der Waals surface area contributed by atoms with Crippen LogP contribution >= 0.6 is 23.1 Å². The molecular weight excluding hydrogens is 440 g/mol. The smallest absolute Gasteiger partial charge is 0.228 e. The van der Waals surface area contributed by atoms with E-state index in [2.05, 4.69) is 38.0 Å². The zero-order chi connectivity index (χ0) is 22.1. The summed E-state index contributed by atoms with van der Waals surface area (Å²) in [6, 6.07) is 2.82. The van der Waals surface area contributed by atoms with Crippen molar-refractivity contribution in [3.05, 3.63) is 16.0 Å². The fourth-order valence-corrected chi connectivity index (χ4v) is 6.83. The largest absolute Gasteiger partial charge is 0.341 e. The first-order chi connectivity index (χ1) is 15.6. The molecule has 1 aliphatic heterocycles. The quantitative estimate of drug-likeness (QED) is 0.586. The number of aromatic nitrogens is 3. The second-order valence-electron chi connectivity index (χ2n) is 9.23. The Hall–Kier alpha value is -2.05. The molecule has 2 fully saturated rings. The molecule has 3 aliphatic rings. The molecule has 9 heteroatoms. The summed E-state index contributed by atoms with van der Waals surface area (Å²) in [6.07, 6.45) is 9.45. The van der Waals surface area contributed by atoms with Gasteiger partial charge >= 0.3 is 0 Å². The highest BCUT2D eigenvalue weighted by Crippen LogP contribution is 2.42.